The Balaban J connectivity index is 2.85. The highest BCUT2D eigenvalue weighted by Gasteiger charge is 2.38. The number of carbonyl (C=O) groups excluding carboxylic acids is 1. The Labute approximate surface area is 132 Å². The lowest BCUT2D eigenvalue weighted by Gasteiger charge is -2.37. The molecule has 0 radical (unpaired) electrons. The molecule has 1 aromatic rings. The van der Waals surface area contributed by atoms with E-state index in [4.69, 9.17) is 26.5 Å². The topological polar surface area (TPSA) is 61.6 Å². The average molecular weight is 330 g/mol. The lowest BCUT2D eigenvalue weighted by molar-refractivity contribution is 0.0668. The Bertz CT molecular complexity index is 483. The molecular weight excluding hydrogens is 306 g/mol. The van der Waals surface area contributed by atoms with Crippen LogP contribution in [0.3, 0.4) is 0 Å². The average Bonchev–Trinajstić information content (AvgIpc) is 2.34. The van der Waals surface area contributed by atoms with Gasteiger partial charge in [-0.2, -0.15) is 0 Å². The van der Waals surface area contributed by atoms with Crippen molar-refractivity contribution >= 4 is 26.0 Å². The monoisotopic (exact) mass is 329 g/mol. The van der Waals surface area contributed by atoms with Crippen LogP contribution >= 0.6 is 11.6 Å². The second-order valence-corrected chi connectivity index (χ2v) is 11.8. The number of nitrogens with two attached hydrogens (primary N) is 1. The molecule has 0 heterocycles. The largest absolute Gasteiger partial charge is 0.439 e. The van der Waals surface area contributed by atoms with Crippen molar-refractivity contribution in [3.63, 3.8) is 0 Å². The van der Waals surface area contributed by atoms with Gasteiger partial charge in [0.05, 0.1) is 6.61 Å². The van der Waals surface area contributed by atoms with Crippen LogP contribution < -0.4 is 5.73 Å². The van der Waals surface area contributed by atoms with Crippen molar-refractivity contribution in [2.75, 3.05) is 6.61 Å². The maximum absolute atomic E-state index is 11.1. The van der Waals surface area contributed by atoms with Gasteiger partial charge in [-0.15, -0.1) is 0 Å². The molecule has 4 nitrogen and oxygen atoms in total. The number of primary amides is 1. The highest BCUT2D eigenvalue weighted by molar-refractivity contribution is 6.74. The summed E-state index contributed by atoms with van der Waals surface area (Å²) in [6.07, 6.45) is -1.33. The number of benzene rings is 1. The Kier molecular flexibility index (Phi) is 5.84. The third-order valence-corrected chi connectivity index (χ3v) is 8.65. The Morgan fingerprint density at radius 3 is 2.24 bits per heavy atom. The molecule has 0 saturated carbocycles. The van der Waals surface area contributed by atoms with E-state index in [1.807, 2.05) is 12.1 Å². The number of ether oxygens (including phenoxy) is 1. The van der Waals surface area contributed by atoms with E-state index >= 15 is 0 Å². The van der Waals surface area contributed by atoms with Crippen molar-refractivity contribution in [2.24, 2.45) is 5.73 Å². The van der Waals surface area contributed by atoms with Gasteiger partial charge >= 0.3 is 6.09 Å². The molecule has 0 saturated heterocycles. The number of amides is 1. The molecule has 1 rings (SSSR count). The minimum absolute atomic E-state index is 0.0876. The summed E-state index contributed by atoms with van der Waals surface area (Å²) in [4.78, 5) is 11.1. The van der Waals surface area contributed by atoms with E-state index in [2.05, 4.69) is 33.9 Å². The molecule has 0 spiro atoms. The van der Waals surface area contributed by atoms with Gasteiger partial charge in [0.2, 0.25) is 0 Å². The van der Waals surface area contributed by atoms with Gasteiger partial charge in [-0.05, 0) is 35.8 Å². The quantitative estimate of drug-likeness (QED) is 0.809. The molecule has 0 aliphatic rings. The van der Waals surface area contributed by atoms with Crippen LogP contribution in [-0.2, 0) is 9.16 Å². The van der Waals surface area contributed by atoms with E-state index in [9.17, 15) is 4.79 Å². The molecule has 1 amide bonds. The molecule has 118 valence electrons. The number of hydrogen-bond acceptors (Lipinski definition) is 3. The van der Waals surface area contributed by atoms with Crippen molar-refractivity contribution in [1.29, 1.82) is 0 Å². The summed E-state index contributed by atoms with van der Waals surface area (Å²) in [7, 11) is -1.92. The molecule has 0 fully saturated rings. The first-order chi connectivity index (χ1) is 9.53. The zero-order valence-electron chi connectivity index (χ0n) is 13.3. The van der Waals surface area contributed by atoms with Crippen LogP contribution in [0.5, 0.6) is 0 Å². The molecule has 21 heavy (non-hydrogen) atoms. The van der Waals surface area contributed by atoms with Crippen LogP contribution in [0.15, 0.2) is 24.3 Å². The van der Waals surface area contributed by atoms with E-state index in [1.165, 1.54) is 0 Å². The first kappa shape index (κ1) is 18.0. The molecule has 1 aromatic carbocycles. The minimum atomic E-state index is -1.92. The van der Waals surface area contributed by atoms with E-state index < -0.39 is 20.5 Å². The van der Waals surface area contributed by atoms with E-state index in [0.717, 1.165) is 5.56 Å². The van der Waals surface area contributed by atoms with Gasteiger partial charge < -0.3 is 14.9 Å². The van der Waals surface area contributed by atoms with Crippen molar-refractivity contribution in [1.82, 2.24) is 0 Å². The van der Waals surface area contributed by atoms with E-state index in [0.29, 0.717) is 11.6 Å². The fourth-order valence-electron chi connectivity index (χ4n) is 1.52. The smallest absolute Gasteiger partial charge is 0.405 e. The molecule has 0 unspecified atom stereocenters. The SMILES string of the molecule is CC(C)(C)[Si](C)(C)OC[C@@H](OC(N)=O)c1ccc(Cl)cc1. The Hall–Kier alpha value is -1.04. The molecule has 1 atom stereocenters. The third-order valence-electron chi connectivity index (χ3n) is 3.90. The van der Waals surface area contributed by atoms with Crippen LogP contribution in [0.25, 0.3) is 0 Å². The van der Waals surface area contributed by atoms with Gasteiger partial charge in [-0.1, -0.05) is 44.5 Å². The zero-order valence-corrected chi connectivity index (χ0v) is 15.0. The lowest BCUT2D eigenvalue weighted by atomic mass is 10.1. The maximum atomic E-state index is 11.1. The third kappa shape index (κ3) is 5.34. The van der Waals surface area contributed by atoms with Gasteiger partial charge in [-0.25, -0.2) is 4.79 Å². The molecule has 6 heteroatoms. The first-order valence-electron chi connectivity index (χ1n) is 6.88. The summed E-state index contributed by atoms with van der Waals surface area (Å²) in [5.74, 6) is 0. The number of hydrogen-bond donors (Lipinski definition) is 1. The van der Waals surface area contributed by atoms with E-state index in [1.54, 1.807) is 12.1 Å². The summed E-state index contributed by atoms with van der Waals surface area (Å²) in [6.45, 7) is 11.1. The summed E-state index contributed by atoms with van der Waals surface area (Å²) in [5.41, 5.74) is 5.97. The van der Waals surface area contributed by atoms with Crippen molar-refractivity contribution in [3.8, 4) is 0 Å². The van der Waals surface area contributed by atoms with Gasteiger partial charge in [-0.3, -0.25) is 0 Å². The number of halogens is 1. The van der Waals surface area contributed by atoms with Crippen LogP contribution in [0.2, 0.25) is 23.2 Å². The Morgan fingerprint density at radius 1 is 1.29 bits per heavy atom. The summed E-state index contributed by atoms with van der Waals surface area (Å²) in [6, 6.07) is 7.12. The van der Waals surface area contributed by atoms with E-state index in [-0.39, 0.29) is 5.04 Å². The standard InChI is InChI=1S/C15H24ClNO3Si/c1-15(2,3)21(4,5)19-10-13(20-14(17)18)11-6-8-12(16)9-7-11/h6-9,13H,10H2,1-5H3,(H2,17,18)/t13-/m1/s1. The summed E-state index contributed by atoms with van der Waals surface area (Å²) < 4.78 is 11.3. The van der Waals surface area contributed by atoms with Gasteiger partial charge in [0.25, 0.3) is 0 Å². The second-order valence-electron chi connectivity index (χ2n) is 6.55. The van der Waals surface area contributed by atoms with Crippen LogP contribution in [0.4, 0.5) is 4.79 Å². The van der Waals surface area contributed by atoms with Gasteiger partial charge in [0, 0.05) is 5.02 Å². The number of carbonyl (C=O) groups is 1. The fourth-order valence-corrected chi connectivity index (χ4v) is 2.64. The maximum Gasteiger partial charge on any atom is 0.405 e. The first-order valence-corrected chi connectivity index (χ1v) is 10.2. The fraction of sp³-hybridized carbons (Fsp3) is 0.533. The normalized spacial score (nSPS) is 13.8. The molecule has 0 aliphatic heterocycles. The highest BCUT2D eigenvalue weighted by Crippen LogP contribution is 2.37. The second kappa shape index (κ2) is 6.81. The minimum Gasteiger partial charge on any atom is -0.439 e. The highest BCUT2D eigenvalue weighted by atomic mass is 35.5. The molecule has 0 bridgehead atoms. The van der Waals surface area contributed by atoms with Crippen LogP contribution in [-0.4, -0.2) is 21.0 Å². The van der Waals surface area contributed by atoms with Crippen LogP contribution in [0, 0.1) is 0 Å². The summed E-state index contributed by atoms with van der Waals surface area (Å²) >= 11 is 5.87. The van der Waals surface area contributed by atoms with Crippen molar-refractivity contribution < 1.29 is 14.0 Å². The molecule has 0 aliphatic carbocycles. The zero-order chi connectivity index (χ0) is 16.3. The molecular formula is C15H24ClNO3Si. The van der Waals surface area contributed by atoms with Crippen LogP contribution in [0.1, 0.15) is 32.4 Å². The van der Waals surface area contributed by atoms with Crippen molar-refractivity contribution in [3.05, 3.63) is 34.9 Å². The predicted molar refractivity (Wildman–Crippen MR) is 88.0 cm³/mol. The number of rotatable bonds is 5. The molecule has 2 N–H and O–H groups in total. The van der Waals surface area contributed by atoms with Crippen molar-refractivity contribution in [2.45, 2.75) is 45.0 Å². The van der Waals surface area contributed by atoms with Gasteiger partial charge in [0.1, 0.15) is 0 Å². The molecule has 0 aromatic heterocycles. The Morgan fingerprint density at radius 2 is 1.81 bits per heavy atom. The predicted octanol–water partition coefficient (Wildman–Crippen LogP) is 4.50. The summed E-state index contributed by atoms with van der Waals surface area (Å²) in [5, 5.41) is 0.714. The van der Waals surface area contributed by atoms with Gasteiger partial charge in [0.15, 0.2) is 14.4 Å². The lowest BCUT2D eigenvalue weighted by Crippen LogP contribution is -2.42.